The molecule has 20 heavy (non-hydrogen) atoms. The third kappa shape index (κ3) is 4.13. The predicted octanol–water partition coefficient (Wildman–Crippen LogP) is 3.69. The second-order valence-corrected chi connectivity index (χ2v) is 5.11. The number of benzene rings is 1. The van der Waals surface area contributed by atoms with E-state index in [2.05, 4.69) is 5.32 Å². The summed E-state index contributed by atoms with van der Waals surface area (Å²) in [4.78, 5) is 24.8. The van der Waals surface area contributed by atoms with Gasteiger partial charge in [0.25, 0.3) is 0 Å². The summed E-state index contributed by atoms with van der Waals surface area (Å²) in [6.45, 7) is 3.99. The van der Waals surface area contributed by atoms with Gasteiger partial charge >= 0.3 is 12.0 Å². The van der Waals surface area contributed by atoms with Crippen molar-refractivity contribution in [3.05, 3.63) is 28.8 Å². The van der Waals surface area contributed by atoms with E-state index >= 15 is 0 Å². The lowest BCUT2D eigenvalue weighted by atomic mass is 10.1. The van der Waals surface area contributed by atoms with Crippen LogP contribution in [-0.4, -0.2) is 35.1 Å². The van der Waals surface area contributed by atoms with Gasteiger partial charge in [0, 0.05) is 18.1 Å². The number of nitrogens with zero attached hydrogens (tertiary/aromatic N) is 1. The van der Waals surface area contributed by atoms with Crippen molar-refractivity contribution in [2.75, 3.05) is 12.4 Å². The van der Waals surface area contributed by atoms with E-state index in [0.717, 1.165) is 12.8 Å². The Bertz CT molecular complexity index is 505. The molecular formula is C14H19ClN2O3. The van der Waals surface area contributed by atoms with Crippen LogP contribution in [0.2, 0.25) is 5.02 Å². The van der Waals surface area contributed by atoms with Gasteiger partial charge in [0.05, 0.1) is 11.3 Å². The van der Waals surface area contributed by atoms with E-state index < -0.39 is 5.97 Å². The van der Waals surface area contributed by atoms with Crippen molar-refractivity contribution in [1.82, 2.24) is 4.90 Å². The Hall–Kier alpha value is -1.75. The Morgan fingerprint density at radius 1 is 1.45 bits per heavy atom. The summed E-state index contributed by atoms with van der Waals surface area (Å²) in [5, 5.41) is 12.1. The van der Waals surface area contributed by atoms with E-state index in [9.17, 15) is 9.59 Å². The lowest BCUT2D eigenvalue weighted by Gasteiger charge is -2.25. The average Bonchev–Trinajstić information content (AvgIpc) is 2.37. The van der Waals surface area contributed by atoms with Gasteiger partial charge in [-0.05, 0) is 31.5 Å². The molecule has 0 fully saturated rings. The van der Waals surface area contributed by atoms with Crippen LogP contribution in [0, 0.1) is 0 Å². The predicted molar refractivity (Wildman–Crippen MR) is 79.6 cm³/mol. The van der Waals surface area contributed by atoms with Gasteiger partial charge in [0.15, 0.2) is 0 Å². The number of carboxylic acids is 1. The Morgan fingerprint density at radius 2 is 2.10 bits per heavy atom. The van der Waals surface area contributed by atoms with Crippen molar-refractivity contribution in [1.29, 1.82) is 0 Å². The first-order chi connectivity index (χ1) is 9.36. The first-order valence-electron chi connectivity index (χ1n) is 6.43. The summed E-state index contributed by atoms with van der Waals surface area (Å²) < 4.78 is 0. The van der Waals surface area contributed by atoms with Crippen molar-refractivity contribution in [3.8, 4) is 0 Å². The first-order valence-corrected chi connectivity index (χ1v) is 6.81. The molecule has 1 atom stereocenters. The molecule has 5 nitrogen and oxygen atoms in total. The van der Waals surface area contributed by atoms with Gasteiger partial charge in [-0.15, -0.1) is 0 Å². The topological polar surface area (TPSA) is 69.6 Å². The van der Waals surface area contributed by atoms with Crippen LogP contribution in [0.1, 0.15) is 37.0 Å². The normalized spacial score (nSPS) is 11.8. The number of rotatable bonds is 5. The number of carboxylic acid groups (broad SMARTS) is 1. The zero-order valence-electron chi connectivity index (χ0n) is 11.8. The number of hydrogen-bond donors (Lipinski definition) is 2. The Kier molecular flexibility index (Phi) is 5.82. The molecule has 0 bridgehead atoms. The molecule has 6 heteroatoms. The van der Waals surface area contributed by atoms with Gasteiger partial charge in [0.1, 0.15) is 0 Å². The highest BCUT2D eigenvalue weighted by atomic mass is 35.5. The molecule has 2 amide bonds. The van der Waals surface area contributed by atoms with Crippen LogP contribution in [0.3, 0.4) is 0 Å². The largest absolute Gasteiger partial charge is 0.478 e. The monoisotopic (exact) mass is 298 g/mol. The van der Waals surface area contributed by atoms with E-state index in [1.165, 1.54) is 18.2 Å². The summed E-state index contributed by atoms with van der Waals surface area (Å²) in [6.07, 6.45) is 1.85. The molecule has 0 heterocycles. The molecule has 110 valence electrons. The minimum atomic E-state index is -1.11. The fraction of sp³-hybridized carbons (Fsp3) is 0.429. The minimum Gasteiger partial charge on any atom is -0.478 e. The molecular weight excluding hydrogens is 280 g/mol. The highest BCUT2D eigenvalue weighted by Crippen LogP contribution is 2.22. The standard InChI is InChI=1S/C14H19ClN2O3/c1-4-5-9(2)17(3)14(20)16-12-8-10(15)6-7-11(12)13(18)19/h6-9H,4-5H2,1-3H3,(H,16,20)(H,18,19). The van der Waals surface area contributed by atoms with Crippen molar-refractivity contribution in [3.63, 3.8) is 0 Å². The number of carbonyl (C=O) groups excluding carboxylic acids is 1. The maximum atomic E-state index is 12.1. The summed E-state index contributed by atoms with van der Waals surface area (Å²) in [5.74, 6) is -1.11. The Morgan fingerprint density at radius 3 is 2.65 bits per heavy atom. The smallest absolute Gasteiger partial charge is 0.337 e. The molecule has 0 aliphatic rings. The molecule has 0 aliphatic carbocycles. The molecule has 0 saturated carbocycles. The highest BCUT2D eigenvalue weighted by Gasteiger charge is 2.18. The lowest BCUT2D eigenvalue weighted by molar-refractivity contribution is 0.0698. The van der Waals surface area contributed by atoms with Gasteiger partial charge in [-0.3, -0.25) is 0 Å². The van der Waals surface area contributed by atoms with E-state index in [1.54, 1.807) is 11.9 Å². The van der Waals surface area contributed by atoms with Gasteiger partial charge in [-0.1, -0.05) is 24.9 Å². The number of carbonyl (C=O) groups is 2. The van der Waals surface area contributed by atoms with Crippen LogP contribution in [0.25, 0.3) is 0 Å². The number of halogens is 1. The van der Waals surface area contributed by atoms with E-state index in [0.29, 0.717) is 5.02 Å². The molecule has 0 aliphatic heterocycles. The second-order valence-electron chi connectivity index (χ2n) is 4.67. The zero-order chi connectivity index (χ0) is 15.3. The molecule has 2 N–H and O–H groups in total. The third-order valence-corrected chi connectivity index (χ3v) is 3.38. The Balaban J connectivity index is 2.90. The first kappa shape index (κ1) is 16.3. The zero-order valence-corrected chi connectivity index (χ0v) is 12.6. The van der Waals surface area contributed by atoms with Crippen LogP contribution in [-0.2, 0) is 0 Å². The fourth-order valence-electron chi connectivity index (χ4n) is 1.82. The molecule has 0 saturated heterocycles. The summed E-state index contributed by atoms with van der Waals surface area (Å²) >= 11 is 5.84. The van der Waals surface area contributed by atoms with E-state index in [1.807, 2.05) is 13.8 Å². The molecule has 0 spiro atoms. The quantitative estimate of drug-likeness (QED) is 0.871. The lowest BCUT2D eigenvalue weighted by Crippen LogP contribution is -2.38. The van der Waals surface area contributed by atoms with E-state index in [-0.39, 0.29) is 23.3 Å². The molecule has 1 rings (SSSR count). The molecule has 1 unspecified atom stereocenters. The van der Waals surface area contributed by atoms with Crippen LogP contribution in [0.15, 0.2) is 18.2 Å². The number of hydrogen-bond acceptors (Lipinski definition) is 2. The number of urea groups is 1. The molecule has 0 radical (unpaired) electrons. The summed E-state index contributed by atoms with van der Waals surface area (Å²) in [7, 11) is 1.68. The highest BCUT2D eigenvalue weighted by molar-refractivity contribution is 6.31. The van der Waals surface area contributed by atoms with Gasteiger partial charge < -0.3 is 15.3 Å². The van der Waals surface area contributed by atoms with Crippen LogP contribution in [0.5, 0.6) is 0 Å². The fourth-order valence-corrected chi connectivity index (χ4v) is 1.99. The third-order valence-electron chi connectivity index (χ3n) is 3.14. The molecule has 1 aromatic carbocycles. The minimum absolute atomic E-state index is 0.0132. The molecule has 0 aromatic heterocycles. The van der Waals surface area contributed by atoms with Crippen molar-refractivity contribution in [2.45, 2.75) is 32.7 Å². The summed E-state index contributed by atoms with van der Waals surface area (Å²) in [6, 6.07) is 4.00. The second kappa shape index (κ2) is 7.14. The average molecular weight is 299 g/mol. The Labute approximate surface area is 123 Å². The van der Waals surface area contributed by atoms with Crippen molar-refractivity contribution in [2.24, 2.45) is 0 Å². The van der Waals surface area contributed by atoms with Crippen molar-refractivity contribution < 1.29 is 14.7 Å². The maximum absolute atomic E-state index is 12.1. The van der Waals surface area contributed by atoms with E-state index in [4.69, 9.17) is 16.7 Å². The molecule has 1 aromatic rings. The van der Waals surface area contributed by atoms with Gasteiger partial charge in [-0.25, -0.2) is 9.59 Å². The number of aromatic carboxylic acids is 1. The van der Waals surface area contributed by atoms with Gasteiger partial charge in [0.2, 0.25) is 0 Å². The van der Waals surface area contributed by atoms with Crippen LogP contribution >= 0.6 is 11.6 Å². The van der Waals surface area contributed by atoms with Gasteiger partial charge in [-0.2, -0.15) is 0 Å². The van der Waals surface area contributed by atoms with Crippen LogP contribution < -0.4 is 5.32 Å². The summed E-state index contributed by atoms with van der Waals surface area (Å²) in [5.41, 5.74) is 0.213. The maximum Gasteiger partial charge on any atom is 0.337 e. The number of anilines is 1. The number of amides is 2. The number of nitrogens with one attached hydrogen (secondary N) is 1. The SMILES string of the molecule is CCCC(C)N(C)C(=O)Nc1cc(Cl)ccc1C(=O)O. The van der Waals surface area contributed by atoms with Crippen molar-refractivity contribution >= 4 is 29.3 Å². The van der Waals surface area contributed by atoms with Crippen LogP contribution in [0.4, 0.5) is 10.5 Å².